The predicted molar refractivity (Wildman–Crippen MR) is 135 cm³/mol. The second-order valence-corrected chi connectivity index (χ2v) is 9.63. The van der Waals surface area contributed by atoms with E-state index in [4.69, 9.17) is 0 Å². The molecule has 37 heavy (non-hydrogen) atoms. The maximum atomic E-state index is 12.9. The zero-order chi connectivity index (χ0) is 26.6. The molecule has 1 aliphatic rings. The zero-order valence-electron chi connectivity index (χ0n) is 21.0. The second kappa shape index (κ2) is 11.2. The average molecular weight is 513 g/mol. The highest BCUT2D eigenvalue weighted by Crippen LogP contribution is 2.29. The van der Waals surface area contributed by atoms with Crippen LogP contribution < -0.4 is 5.32 Å². The number of anilines is 1. The number of halogens is 3. The minimum Gasteiger partial charge on any atom is -0.338 e. The number of likely N-dealkylation sites (tertiary alicyclic amines) is 1. The molecule has 0 atom stereocenters. The quantitative estimate of drug-likeness (QED) is 0.425. The first-order valence-corrected chi connectivity index (χ1v) is 12.5. The van der Waals surface area contributed by atoms with Crippen LogP contribution in [0.5, 0.6) is 0 Å². The topological polar surface area (TPSA) is 67.2 Å². The van der Waals surface area contributed by atoms with E-state index in [-0.39, 0.29) is 24.3 Å². The maximum absolute atomic E-state index is 12.9. The Labute approximate surface area is 214 Å². The van der Waals surface area contributed by atoms with Gasteiger partial charge in [-0.3, -0.25) is 14.3 Å². The molecule has 0 unspecified atom stereocenters. The van der Waals surface area contributed by atoms with Crippen LogP contribution in [0.1, 0.15) is 64.3 Å². The number of aryl methyl sites for hydroxylation is 3. The lowest BCUT2D eigenvalue weighted by Crippen LogP contribution is -2.39. The summed E-state index contributed by atoms with van der Waals surface area (Å²) in [6.45, 7) is 5.31. The molecule has 2 amide bonds. The van der Waals surface area contributed by atoms with Gasteiger partial charge in [-0.1, -0.05) is 18.2 Å². The van der Waals surface area contributed by atoms with Gasteiger partial charge in [-0.2, -0.15) is 18.3 Å². The van der Waals surface area contributed by atoms with Crippen LogP contribution >= 0.6 is 0 Å². The van der Waals surface area contributed by atoms with Gasteiger partial charge >= 0.3 is 6.18 Å². The molecule has 6 nitrogen and oxygen atoms in total. The van der Waals surface area contributed by atoms with Crippen molar-refractivity contribution in [2.24, 2.45) is 0 Å². The minimum atomic E-state index is -4.35. The minimum absolute atomic E-state index is 0.0475. The Kier molecular flexibility index (Phi) is 8.00. The zero-order valence-corrected chi connectivity index (χ0v) is 21.0. The lowest BCUT2D eigenvalue weighted by Gasteiger charge is -2.32. The van der Waals surface area contributed by atoms with Crippen molar-refractivity contribution in [3.8, 4) is 0 Å². The fourth-order valence-corrected chi connectivity index (χ4v) is 4.53. The number of piperidine rings is 1. The van der Waals surface area contributed by atoms with Crippen molar-refractivity contribution in [2.45, 2.75) is 58.2 Å². The van der Waals surface area contributed by atoms with Crippen molar-refractivity contribution in [2.75, 3.05) is 18.4 Å². The van der Waals surface area contributed by atoms with Crippen LogP contribution in [-0.4, -0.2) is 39.6 Å². The highest BCUT2D eigenvalue weighted by molar-refractivity contribution is 5.94. The van der Waals surface area contributed by atoms with Crippen LogP contribution in [0.2, 0.25) is 0 Å². The predicted octanol–water partition coefficient (Wildman–Crippen LogP) is 5.96. The van der Waals surface area contributed by atoms with E-state index in [0.717, 1.165) is 41.7 Å². The molecule has 4 rings (SSSR count). The van der Waals surface area contributed by atoms with E-state index in [1.165, 1.54) is 12.1 Å². The molecule has 1 fully saturated rings. The largest absolute Gasteiger partial charge is 0.416 e. The Hall–Kier alpha value is -3.62. The van der Waals surface area contributed by atoms with Gasteiger partial charge in [-0.05, 0) is 80.5 Å². The summed E-state index contributed by atoms with van der Waals surface area (Å²) in [6.07, 6.45) is 1.92. The molecular formula is C28H31F3N4O2. The van der Waals surface area contributed by atoms with E-state index in [2.05, 4.69) is 10.4 Å². The Morgan fingerprint density at radius 1 is 1.03 bits per heavy atom. The summed E-state index contributed by atoms with van der Waals surface area (Å²) in [7, 11) is 0. The van der Waals surface area contributed by atoms with Crippen LogP contribution in [0, 0.1) is 13.8 Å². The number of hydrogen-bond donors (Lipinski definition) is 1. The average Bonchev–Trinajstić information content (AvgIpc) is 3.33. The number of aromatic nitrogens is 2. The van der Waals surface area contributed by atoms with Gasteiger partial charge in [0.05, 0.1) is 23.5 Å². The summed E-state index contributed by atoms with van der Waals surface area (Å²) in [5, 5.41) is 7.24. The van der Waals surface area contributed by atoms with Gasteiger partial charge < -0.3 is 10.2 Å². The summed E-state index contributed by atoms with van der Waals surface area (Å²) < 4.78 is 39.8. The number of amides is 2. The summed E-state index contributed by atoms with van der Waals surface area (Å²) in [6, 6.07) is 11.0. The molecule has 0 saturated carbocycles. The van der Waals surface area contributed by atoms with Crippen molar-refractivity contribution in [3.63, 3.8) is 0 Å². The number of nitrogens with one attached hydrogen (secondary N) is 1. The van der Waals surface area contributed by atoms with Crippen molar-refractivity contribution < 1.29 is 22.8 Å². The standard InChI is InChI=1S/C28H31F3N4O2/c1-19-6-9-22(16-20(19)2)27(37)34-14-12-25(13-15-34)35-18-24(17-32-35)33-26(36)5-3-4-21-7-10-23(11-8-21)28(29,30)31/h6-11,16-18,25H,3-5,12-15H2,1-2H3,(H,33,36). The molecule has 3 aromatic rings. The molecule has 2 heterocycles. The molecule has 1 aliphatic heterocycles. The summed E-state index contributed by atoms with van der Waals surface area (Å²) in [5.41, 5.74) is 3.67. The van der Waals surface area contributed by atoms with Gasteiger partial charge in [0.1, 0.15) is 0 Å². The first-order chi connectivity index (χ1) is 17.6. The number of carbonyl (C=O) groups is 2. The molecule has 0 spiro atoms. The Bertz CT molecular complexity index is 1240. The van der Waals surface area contributed by atoms with E-state index in [0.29, 0.717) is 37.2 Å². The molecule has 1 aromatic heterocycles. The SMILES string of the molecule is Cc1ccc(C(=O)N2CCC(n3cc(NC(=O)CCCc4ccc(C(F)(F)F)cc4)cn3)CC2)cc1C. The van der Waals surface area contributed by atoms with Gasteiger partial charge in [-0.25, -0.2) is 0 Å². The number of carbonyl (C=O) groups excluding carboxylic acids is 2. The van der Waals surface area contributed by atoms with Gasteiger partial charge in [0.2, 0.25) is 5.91 Å². The van der Waals surface area contributed by atoms with Crippen molar-refractivity contribution in [3.05, 3.63) is 82.7 Å². The molecule has 0 bridgehead atoms. The lowest BCUT2D eigenvalue weighted by atomic mass is 10.0. The van der Waals surface area contributed by atoms with Crippen molar-refractivity contribution >= 4 is 17.5 Å². The number of benzene rings is 2. The van der Waals surface area contributed by atoms with E-state index >= 15 is 0 Å². The van der Waals surface area contributed by atoms with E-state index < -0.39 is 11.7 Å². The molecule has 0 radical (unpaired) electrons. The third-order valence-electron chi connectivity index (χ3n) is 6.92. The highest BCUT2D eigenvalue weighted by Gasteiger charge is 2.30. The molecule has 9 heteroatoms. The monoisotopic (exact) mass is 512 g/mol. The number of rotatable bonds is 7. The van der Waals surface area contributed by atoms with E-state index in [1.807, 2.05) is 41.6 Å². The van der Waals surface area contributed by atoms with E-state index in [1.54, 1.807) is 12.4 Å². The normalized spacial score (nSPS) is 14.6. The fraction of sp³-hybridized carbons (Fsp3) is 0.393. The van der Waals surface area contributed by atoms with Gasteiger partial charge in [0.15, 0.2) is 0 Å². The van der Waals surface area contributed by atoms with Gasteiger partial charge in [0.25, 0.3) is 5.91 Å². The Balaban J connectivity index is 1.21. The summed E-state index contributed by atoms with van der Waals surface area (Å²) in [5.74, 6) is -0.119. The number of alkyl halides is 3. The molecule has 1 saturated heterocycles. The second-order valence-electron chi connectivity index (χ2n) is 9.63. The molecule has 196 valence electrons. The molecule has 0 aliphatic carbocycles. The maximum Gasteiger partial charge on any atom is 0.416 e. The third kappa shape index (κ3) is 6.78. The first-order valence-electron chi connectivity index (χ1n) is 12.5. The number of hydrogen-bond acceptors (Lipinski definition) is 3. The lowest BCUT2D eigenvalue weighted by molar-refractivity contribution is -0.137. The van der Waals surface area contributed by atoms with Crippen LogP contribution in [-0.2, 0) is 17.4 Å². The summed E-state index contributed by atoms with van der Waals surface area (Å²) in [4.78, 5) is 27.1. The smallest absolute Gasteiger partial charge is 0.338 e. The summed E-state index contributed by atoms with van der Waals surface area (Å²) >= 11 is 0. The van der Waals surface area contributed by atoms with Gasteiger partial charge in [0, 0.05) is 31.3 Å². The van der Waals surface area contributed by atoms with Crippen LogP contribution in [0.15, 0.2) is 54.9 Å². The first kappa shape index (κ1) is 26.4. The van der Waals surface area contributed by atoms with E-state index in [9.17, 15) is 22.8 Å². The molecular weight excluding hydrogens is 481 g/mol. The highest BCUT2D eigenvalue weighted by atomic mass is 19.4. The number of nitrogens with zero attached hydrogens (tertiary/aromatic N) is 3. The van der Waals surface area contributed by atoms with Crippen LogP contribution in [0.3, 0.4) is 0 Å². The Morgan fingerprint density at radius 3 is 2.38 bits per heavy atom. The van der Waals surface area contributed by atoms with Crippen LogP contribution in [0.25, 0.3) is 0 Å². The van der Waals surface area contributed by atoms with Crippen LogP contribution in [0.4, 0.5) is 18.9 Å². The molecule has 1 N–H and O–H groups in total. The third-order valence-corrected chi connectivity index (χ3v) is 6.92. The molecule has 2 aromatic carbocycles. The van der Waals surface area contributed by atoms with Crippen molar-refractivity contribution in [1.82, 2.24) is 14.7 Å². The Morgan fingerprint density at radius 2 is 1.73 bits per heavy atom. The van der Waals surface area contributed by atoms with Crippen molar-refractivity contribution in [1.29, 1.82) is 0 Å². The van der Waals surface area contributed by atoms with Gasteiger partial charge in [-0.15, -0.1) is 0 Å². The fourth-order valence-electron chi connectivity index (χ4n) is 4.53.